The van der Waals surface area contributed by atoms with Gasteiger partial charge in [-0.3, -0.25) is 0 Å². The Morgan fingerprint density at radius 1 is 1.06 bits per heavy atom. The maximum atomic E-state index is 6.36. The first-order valence-electron chi connectivity index (χ1n) is 7.21. The van der Waals surface area contributed by atoms with E-state index >= 15 is 0 Å². The Balaban J connectivity index is 4.28. The minimum absolute atomic E-state index is 0.105. The second-order valence-electron chi connectivity index (χ2n) is 6.26. The summed E-state index contributed by atoms with van der Waals surface area (Å²) in [6.45, 7) is 14.0. The number of rotatable bonds is 8. The van der Waals surface area contributed by atoms with Gasteiger partial charge in [0, 0.05) is 12.6 Å². The number of ether oxygens (including phenoxy) is 1. The van der Waals surface area contributed by atoms with E-state index in [4.69, 9.17) is 10.5 Å². The molecule has 104 valence electrons. The fourth-order valence-corrected chi connectivity index (χ4v) is 2.49. The van der Waals surface area contributed by atoms with Gasteiger partial charge >= 0.3 is 0 Å². The lowest BCUT2D eigenvalue weighted by Gasteiger charge is -2.37. The molecular formula is C15H33NO. The quantitative estimate of drug-likeness (QED) is 0.696. The molecule has 1 unspecified atom stereocenters. The van der Waals surface area contributed by atoms with Gasteiger partial charge in [-0.15, -0.1) is 0 Å². The molecule has 0 aliphatic heterocycles. The van der Waals surface area contributed by atoms with E-state index in [0.29, 0.717) is 5.41 Å². The SMILES string of the molecule is CCOC(CC)(CC)C(N)CCCC(C)(C)C. The van der Waals surface area contributed by atoms with Crippen LogP contribution in [-0.2, 0) is 4.74 Å². The van der Waals surface area contributed by atoms with Crippen molar-refractivity contribution in [1.82, 2.24) is 0 Å². The highest BCUT2D eigenvalue weighted by Crippen LogP contribution is 2.29. The molecule has 0 aromatic carbocycles. The van der Waals surface area contributed by atoms with Gasteiger partial charge in [-0.25, -0.2) is 0 Å². The first kappa shape index (κ1) is 16.9. The normalized spacial score (nSPS) is 15.0. The van der Waals surface area contributed by atoms with Crippen molar-refractivity contribution in [2.24, 2.45) is 11.1 Å². The van der Waals surface area contributed by atoms with E-state index in [-0.39, 0.29) is 11.6 Å². The molecule has 0 aromatic rings. The molecule has 0 radical (unpaired) electrons. The molecule has 2 N–H and O–H groups in total. The topological polar surface area (TPSA) is 35.2 Å². The van der Waals surface area contributed by atoms with E-state index in [1.54, 1.807) is 0 Å². The number of hydrogen-bond acceptors (Lipinski definition) is 2. The first-order valence-corrected chi connectivity index (χ1v) is 7.21. The van der Waals surface area contributed by atoms with E-state index in [9.17, 15) is 0 Å². The third-order valence-corrected chi connectivity index (χ3v) is 3.75. The van der Waals surface area contributed by atoms with Gasteiger partial charge in [0.15, 0.2) is 0 Å². The maximum absolute atomic E-state index is 6.36. The van der Waals surface area contributed by atoms with Gasteiger partial charge in [0.2, 0.25) is 0 Å². The van der Waals surface area contributed by atoms with Crippen molar-refractivity contribution < 1.29 is 4.74 Å². The van der Waals surface area contributed by atoms with E-state index in [2.05, 4.69) is 41.5 Å². The Morgan fingerprint density at radius 2 is 1.59 bits per heavy atom. The summed E-state index contributed by atoms with van der Waals surface area (Å²) in [6, 6.07) is 0.166. The van der Waals surface area contributed by atoms with Crippen LogP contribution in [-0.4, -0.2) is 18.2 Å². The van der Waals surface area contributed by atoms with Crippen molar-refractivity contribution in [2.75, 3.05) is 6.61 Å². The summed E-state index contributed by atoms with van der Waals surface area (Å²) in [5.74, 6) is 0. The molecule has 0 amide bonds. The maximum Gasteiger partial charge on any atom is 0.0827 e. The Labute approximate surface area is 108 Å². The van der Waals surface area contributed by atoms with E-state index < -0.39 is 0 Å². The Hall–Kier alpha value is -0.0800. The smallest absolute Gasteiger partial charge is 0.0827 e. The zero-order valence-corrected chi connectivity index (χ0v) is 12.8. The Bertz CT molecular complexity index is 192. The molecular weight excluding hydrogens is 210 g/mol. The molecule has 0 spiro atoms. The van der Waals surface area contributed by atoms with Gasteiger partial charge in [0.1, 0.15) is 0 Å². The minimum atomic E-state index is -0.105. The van der Waals surface area contributed by atoms with Crippen molar-refractivity contribution in [1.29, 1.82) is 0 Å². The van der Waals surface area contributed by atoms with Crippen molar-refractivity contribution in [2.45, 2.75) is 85.3 Å². The van der Waals surface area contributed by atoms with Crippen molar-refractivity contribution in [3.05, 3.63) is 0 Å². The van der Waals surface area contributed by atoms with Crippen LogP contribution in [0.25, 0.3) is 0 Å². The van der Waals surface area contributed by atoms with E-state index in [1.807, 2.05) is 0 Å². The second kappa shape index (κ2) is 7.38. The molecule has 0 fully saturated rings. The second-order valence-corrected chi connectivity index (χ2v) is 6.26. The van der Waals surface area contributed by atoms with Gasteiger partial charge in [0.25, 0.3) is 0 Å². The van der Waals surface area contributed by atoms with Crippen LogP contribution < -0.4 is 5.73 Å². The average molecular weight is 243 g/mol. The van der Waals surface area contributed by atoms with Gasteiger partial charge < -0.3 is 10.5 Å². The van der Waals surface area contributed by atoms with Crippen LogP contribution in [0.3, 0.4) is 0 Å². The lowest BCUT2D eigenvalue weighted by molar-refractivity contribution is -0.0657. The lowest BCUT2D eigenvalue weighted by atomic mass is 9.83. The fraction of sp³-hybridized carbons (Fsp3) is 1.00. The molecule has 0 aliphatic carbocycles. The van der Waals surface area contributed by atoms with E-state index in [1.165, 1.54) is 12.8 Å². The third kappa shape index (κ3) is 5.87. The Morgan fingerprint density at radius 3 is 1.94 bits per heavy atom. The summed E-state index contributed by atoms with van der Waals surface area (Å²) in [5.41, 5.74) is 6.67. The molecule has 2 nitrogen and oxygen atoms in total. The molecule has 2 heteroatoms. The first-order chi connectivity index (χ1) is 7.81. The van der Waals surface area contributed by atoms with Crippen molar-refractivity contribution in [3.8, 4) is 0 Å². The Kier molecular flexibility index (Phi) is 7.34. The summed E-state index contributed by atoms with van der Waals surface area (Å²) in [4.78, 5) is 0. The van der Waals surface area contributed by atoms with Crippen LogP contribution in [0, 0.1) is 5.41 Å². The van der Waals surface area contributed by atoms with Gasteiger partial charge in [-0.1, -0.05) is 41.0 Å². The molecule has 0 bridgehead atoms. The van der Waals surface area contributed by atoms with Gasteiger partial charge in [-0.05, 0) is 38.0 Å². The standard InChI is InChI=1S/C15H33NO/c1-7-15(8-2,17-9-3)13(16)11-10-12-14(4,5)6/h13H,7-12,16H2,1-6H3. The summed E-state index contributed by atoms with van der Waals surface area (Å²) in [7, 11) is 0. The van der Waals surface area contributed by atoms with Crippen molar-refractivity contribution in [3.63, 3.8) is 0 Å². The van der Waals surface area contributed by atoms with Crippen LogP contribution in [0.1, 0.15) is 73.6 Å². The fourth-order valence-electron chi connectivity index (χ4n) is 2.49. The highest BCUT2D eigenvalue weighted by molar-refractivity contribution is 4.89. The summed E-state index contributed by atoms with van der Waals surface area (Å²) >= 11 is 0. The molecule has 0 aromatic heterocycles. The highest BCUT2D eigenvalue weighted by atomic mass is 16.5. The van der Waals surface area contributed by atoms with Gasteiger partial charge in [-0.2, -0.15) is 0 Å². The molecule has 0 heterocycles. The molecule has 0 saturated carbocycles. The molecule has 0 saturated heterocycles. The molecule has 17 heavy (non-hydrogen) atoms. The van der Waals surface area contributed by atoms with Crippen LogP contribution in [0.4, 0.5) is 0 Å². The predicted molar refractivity (Wildman–Crippen MR) is 76.2 cm³/mol. The van der Waals surface area contributed by atoms with Crippen LogP contribution in [0.2, 0.25) is 0 Å². The number of nitrogens with two attached hydrogens (primary N) is 1. The highest BCUT2D eigenvalue weighted by Gasteiger charge is 2.33. The largest absolute Gasteiger partial charge is 0.374 e. The van der Waals surface area contributed by atoms with E-state index in [0.717, 1.165) is 25.9 Å². The summed E-state index contributed by atoms with van der Waals surface area (Å²) in [6.07, 6.45) is 5.51. The summed E-state index contributed by atoms with van der Waals surface area (Å²) < 4.78 is 5.95. The molecule has 0 aliphatic rings. The van der Waals surface area contributed by atoms with Crippen LogP contribution >= 0.6 is 0 Å². The molecule has 0 rings (SSSR count). The van der Waals surface area contributed by atoms with Gasteiger partial charge in [0.05, 0.1) is 5.60 Å². The minimum Gasteiger partial charge on any atom is -0.374 e. The van der Waals surface area contributed by atoms with Crippen molar-refractivity contribution >= 4 is 0 Å². The predicted octanol–water partition coefficient (Wildman–Crippen LogP) is 4.13. The van der Waals surface area contributed by atoms with Crippen LogP contribution in [0.15, 0.2) is 0 Å². The summed E-state index contributed by atoms with van der Waals surface area (Å²) in [5, 5.41) is 0. The number of hydrogen-bond donors (Lipinski definition) is 1. The zero-order valence-electron chi connectivity index (χ0n) is 12.8. The zero-order chi connectivity index (χ0) is 13.5. The molecule has 1 atom stereocenters. The third-order valence-electron chi connectivity index (χ3n) is 3.75. The van der Waals surface area contributed by atoms with Crippen LogP contribution in [0.5, 0.6) is 0 Å². The monoisotopic (exact) mass is 243 g/mol. The average Bonchev–Trinajstić information content (AvgIpc) is 2.24. The lowest BCUT2D eigenvalue weighted by Crippen LogP contribution is -2.49.